The van der Waals surface area contributed by atoms with Gasteiger partial charge < -0.3 is 20.1 Å². The highest BCUT2D eigenvalue weighted by Gasteiger charge is 2.29. The molecule has 0 aliphatic carbocycles. The summed E-state index contributed by atoms with van der Waals surface area (Å²) in [6.07, 6.45) is 4.03. The number of carbonyl (C=O) groups is 1. The topological polar surface area (TPSA) is 64.8 Å². The first-order valence-corrected chi connectivity index (χ1v) is 7.34. The number of carbonyl (C=O) groups excluding carboxylic acids is 1. The molecular weight excluding hydrogens is 244 g/mol. The average molecular weight is 270 g/mol. The summed E-state index contributed by atoms with van der Waals surface area (Å²) in [6.45, 7) is 3.84. The van der Waals surface area contributed by atoms with Crippen molar-refractivity contribution in [3.05, 3.63) is 0 Å². The van der Waals surface area contributed by atoms with E-state index >= 15 is 0 Å². The molecule has 2 heterocycles. The van der Waals surface area contributed by atoms with Gasteiger partial charge in [0.25, 0.3) is 0 Å². The molecule has 5 heteroatoms. The van der Waals surface area contributed by atoms with Crippen LogP contribution in [0.2, 0.25) is 0 Å². The molecule has 2 fully saturated rings. The van der Waals surface area contributed by atoms with E-state index in [4.69, 9.17) is 15.2 Å². The van der Waals surface area contributed by atoms with Gasteiger partial charge in [-0.3, -0.25) is 4.79 Å². The second kappa shape index (κ2) is 7.22. The van der Waals surface area contributed by atoms with Crippen LogP contribution in [0.5, 0.6) is 0 Å². The molecule has 0 aromatic rings. The summed E-state index contributed by atoms with van der Waals surface area (Å²) in [4.78, 5) is 14.1. The van der Waals surface area contributed by atoms with Crippen LogP contribution in [-0.2, 0) is 14.3 Å². The first-order valence-electron chi connectivity index (χ1n) is 7.34. The third kappa shape index (κ3) is 4.16. The van der Waals surface area contributed by atoms with Crippen LogP contribution in [0.25, 0.3) is 0 Å². The Hall–Kier alpha value is -0.650. The molecule has 1 amide bonds. The van der Waals surface area contributed by atoms with Crippen LogP contribution in [0, 0.1) is 11.8 Å². The zero-order valence-corrected chi connectivity index (χ0v) is 11.8. The van der Waals surface area contributed by atoms with Gasteiger partial charge in [0, 0.05) is 33.4 Å². The Labute approximate surface area is 115 Å². The zero-order valence-electron chi connectivity index (χ0n) is 11.8. The van der Waals surface area contributed by atoms with Crippen LogP contribution < -0.4 is 5.73 Å². The van der Waals surface area contributed by atoms with Crippen molar-refractivity contribution in [2.75, 3.05) is 40.0 Å². The summed E-state index contributed by atoms with van der Waals surface area (Å²) in [5.74, 6) is 0.799. The Bertz CT molecular complexity index is 286. The van der Waals surface area contributed by atoms with Gasteiger partial charge >= 0.3 is 0 Å². The minimum Gasteiger partial charge on any atom is -0.381 e. The molecule has 2 unspecified atom stereocenters. The molecule has 2 saturated heterocycles. The van der Waals surface area contributed by atoms with Crippen LogP contribution >= 0.6 is 0 Å². The Morgan fingerprint density at radius 2 is 2.00 bits per heavy atom. The lowest BCUT2D eigenvalue weighted by molar-refractivity contribution is -0.134. The standard InChI is InChI=1S/C14H26N2O3/c1-16(9-11-3-2-6-19-10-11)14(17)13(15)12-4-7-18-8-5-12/h11-13H,2-10,15H2,1H3. The summed E-state index contributed by atoms with van der Waals surface area (Å²) in [7, 11) is 1.86. The number of nitrogens with two attached hydrogens (primary N) is 1. The molecule has 0 aromatic heterocycles. The van der Waals surface area contributed by atoms with Crippen LogP contribution in [0.4, 0.5) is 0 Å². The zero-order chi connectivity index (χ0) is 13.7. The second-order valence-electron chi connectivity index (χ2n) is 5.78. The molecule has 2 N–H and O–H groups in total. The predicted octanol–water partition coefficient (Wildman–Crippen LogP) is 0.625. The minimum atomic E-state index is -0.376. The van der Waals surface area contributed by atoms with E-state index in [0.29, 0.717) is 5.92 Å². The van der Waals surface area contributed by atoms with E-state index in [1.165, 1.54) is 0 Å². The van der Waals surface area contributed by atoms with E-state index in [2.05, 4.69) is 0 Å². The van der Waals surface area contributed by atoms with Crippen molar-refractivity contribution >= 4 is 5.91 Å². The number of nitrogens with zero attached hydrogens (tertiary/aromatic N) is 1. The lowest BCUT2D eigenvalue weighted by Gasteiger charge is -2.32. The molecule has 19 heavy (non-hydrogen) atoms. The van der Waals surface area contributed by atoms with Gasteiger partial charge in [0.1, 0.15) is 0 Å². The Balaban J connectivity index is 1.79. The highest BCUT2D eigenvalue weighted by molar-refractivity contribution is 5.81. The maximum absolute atomic E-state index is 12.3. The van der Waals surface area contributed by atoms with Crippen molar-refractivity contribution in [1.82, 2.24) is 4.90 Å². The highest BCUT2D eigenvalue weighted by Crippen LogP contribution is 2.20. The summed E-state index contributed by atoms with van der Waals surface area (Å²) in [6, 6.07) is -0.376. The molecule has 2 atom stereocenters. The van der Waals surface area contributed by atoms with E-state index in [0.717, 1.165) is 58.7 Å². The van der Waals surface area contributed by atoms with E-state index in [9.17, 15) is 4.79 Å². The van der Waals surface area contributed by atoms with Crippen LogP contribution in [0.3, 0.4) is 0 Å². The molecule has 2 aliphatic rings. The summed E-state index contributed by atoms with van der Waals surface area (Å²) in [5, 5.41) is 0. The SMILES string of the molecule is CN(CC1CCCOC1)C(=O)C(N)C1CCOCC1. The molecule has 2 rings (SSSR count). The first kappa shape index (κ1) is 14.8. The maximum Gasteiger partial charge on any atom is 0.239 e. The monoisotopic (exact) mass is 270 g/mol. The van der Waals surface area contributed by atoms with Crippen molar-refractivity contribution in [2.24, 2.45) is 17.6 Å². The predicted molar refractivity (Wildman–Crippen MR) is 72.7 cm³/mol. The van der Waals surface area contributed by atoms with Gasteiger partial charge in [0.2, 0.25) is 5.91 Å². The van der Waals surface area contributed by atoms with Gasteiger partial charge in [-0.25, -0.2) is 0 Å². The van der Waals surface area contributed by atoms with E-state index in [1.807, 2.05) is 7.05 Å². The largest absolute Gasteiger partial charge is 0.381 e. The Morgan fingerprint density at radius 1 is 1.26 bits per heavy atom. The van der Waals surface area contributed by atoms with Crippen LogP contribution in [0.1, 0.15) is 25.7 Å². The first-order chi connectivity index (χ1) is 9.18. The smallest absolute Gasteiger partial charge is 0.239 e. The van der Waals surface area contributed by atoms with Crippen molar-refractivity contribution in [3.63, 3.8) is 0 Å². The van der Waals surface area contributed by atoms with Crippen molar-refractivity contribution in [3.8, 4) is 0 Å². The van der Waals surface area contributed by atoms with Crippen molar-refractivity contribution in [2.45, 2.75) is 31.7 Å². The van der Waals surface area contributed by atoms with Gasteiger partial charge in [0.15, 0.2) is 0 Å². The quantitative estimate of drug-likeness (QED) is 0.813. The van der Waals surface area contributed by atoms with Gasteiger partial charge in [-0.15, -0.1) is 0 Å². The second-order valence-corrected chi connectivity index (χ2v) is 5.78. The fraction of sp³-hybridized carbons (Fsp3) is 0.929. The molecular formula is C14H26N2O3. The van der Waals surface area contributed by atoms with E-state index in [-0.39, 0.29) is 17.9 Å². The molecule has 0 bridgehead atoms. The fourth-order valence-electron chi connectivity index (χ4n) is 2.96. The van der Waals surface area contributed by atoms with Gasteiger partial charge in [-0.05, 0) is 37.5 Å². The maximum atomic E-state index is 12.3. The minimum absolute atomic E-state index is 0.0671. The molecule has 110 valence electrons. The normalized spacial score (nSPS) is 26.9. The summed E-state index contributed by atoms with van der Waals surface area (Å²) >= 11 is 0. The number of ether oxygens (including phenoxy) is 2. The summed E-state index contributed by atoms with van der Waals surface area (Å²) < 4.78 is 10.8. The van der Waals surface area contributed by atoms with Crippen LogP contribution in [-0.4, -0.2) is 56.9 Å². The number of hydrogen-bond acceptors (Lipinski definition) is 4. The van der Waals surface area contributed by atoms with Gasteiger partial charge in [-0.2, -0.15) is 0 Å². The molecule has 0 spiro atoms. The number of amides is 1. The van der Waals surface area contributed by atoms with Crippen LogP contribution in [0.15, 0.2) is 0 Å². The third-order valence-electron chi connectivity index (χ3n) is 4.22. The molecule has 0 radical (unpaired) electrons. The van der Waals surface area contributed by atoms with Gasteiger partial charge in [-0.1, -0.05) is 0 Å². The molecule has 0 saturated carbocycles. The average Bonchev–Trinajstić information content (AvgIpc) is 2.47. The summed E-state index contributed by atoms with van der Waals surface area (Å²) in [5.41, 5.74) is 6.12. The lowest BCUT2D eigenvalue weighted by Crippen LogP contribution is -2.49. The number of rotatable bonds is 4. The Morgan fingerprint density at radius 3 is 2.63 bits per heavy atom. The number of likely N-dealkylation sites (N-methyl/N-ethyl adjacent to an activating group) is 1. The van der Waals surface area contributed by atoms with Crippen molar-refractivity contribution < 1.29 is 14.3 Å². The fourth-order valence-corrected chi connectivity index (χ4v) is 2.96. The third-order valence-corrected chi connectivity index (χ3v) is 4.22. The number of hydrogen-bond donors (Lipinski definition) is 1. The highest BCUT2D eigenvalue weighted by atomic mass is 16.5. The van der Waals surface area contributed by atoms with Crippen molar-refractivity contribution in [1.29, 1.82) is 0 Å². The Kier molecular flexibility index (Phi) is 5.60. The molecule has 2 aliphatic heterocycles. The lowest BCUT2D eigenvalue weighted by atomic mass is 9.91. The van der Waals surface area contributed by atoms with E-state index < -0.39 is 0 Å². The molecule has 5 nitrogen and oxygen atoms in total. The van der Waals surface area contributed by atoms with Gasteiger partial charge in [0.05, 0.1) is 12.6 Å². The van der Waals surface area contributed by atoms with E-state index in [1.54, 1.807) is 4.90 Å². The molecule has 0 aromatic carbocycles.